The van der Waals surface area contributed by atoms with Crippen molar-refractivity contribution < 1.29 is 37.0 Å². The summed E-state index contributed by atoms with van der Waals surface area (Å²) in [4.78, 5) is 21.1. The van der Waals surface area contributed by atoms with Gasteiger partial charge < -0.3 is 15.2 Å². The average molecular weight is 463 g/mol. The van der Waals surface area contributed by atoms with Crippen molar-refractivity contribution in [3.05, 3.63) is 77.1 Å². The zero-order valence-electron chi connectivity index (χ0n) is 17.4. The molecule has 0 bridgehead atoms. The van der Waals surface area contributed by atoms with Crippen LogP contribution in [0.15, 0.2) is 54.6 Å². The summed E-state index contributed by atoms with van der Waals surface area (Å²) >= 11 is 0. The van der Waals surface area contributed by atoms with E-state index in [2.05, 4.69) is 5.32 Å². The molecule has 2 N–H and O–H groups in total. The molecule has 4 rings (SSSR count). The van der Waals surface area contributed by atoms with Gasteiger partial charge in [0.1, 0.15) is 18.2 Å². The number of amides is 1. The molecule has 1 fully saturated rings. The molecule has 9 heteroatoms. The number of fused-ring (bicyclic) bond motifs is 1. The summed E-state index contributed by atoms with van der Waals surface area (Å²) in [6.07, 6.45) is -1.62. The number of benzene rings is 3. The van der Waals surface area contributed by atoms with Gasteiger partial charge in [0, 0.05) is 16.8 Å². The van der Waals surface area contributed by atoms with Gasteiger partial charge in [-0.3, -0.25) is 9.59 Å². The second kappa shape index (κ2) is 10.3. The molecule has 33 heavy (non-hydrogen) atoms. The lowest BCUT2D eigenvalue weighted by Gasteiger charge is -2.27. The average Bonchev–Trinajstić information content (AvgIpc) is 2.75. The van der Waals surface area contributed by atoms with Gasteiger partial charge in [0.25, 0.3) is 12.4 Å². The number of carboxylic acid groups (broad SMARTS) is 1. The van der Waals surface area contributed by atoms with E-state index in [1.807, 2.05) is 0 Å². The maximum absolute atomic E-state index is 14.6. The molecule has 1 aliphatic carbocycles. The van der Waals surface area contributed by atoms with Gasteiger partial charge in [-0.2, -0.15) is 13.2 Å². The third kappa shape index (κ3) is 5.79. The molecule has 1 amide bonds. The lowest BCUT2D eigenvalue weighted by Crippen LogP contribution is -2.39. The standard InChI is InChI=1S/C23H19F4NO2.CH2O2/c24-20-12-19(22(29)28-16-4-3-5-16)21(18-7-2-1-6-17(18)20)30-13-14-8-10-15(11-9-14)23(25,26)27;2-1-3/h1-2,6-12,16H,3-5,13H2,(H,28,29);1H,(H,2,3). The molecule has 0 aromatic heterocycles. The minimum absolute atomic E-state index is 0.0581. The molecule has 1 aliphatic rings. The summed E-state index contributed by atoms with van der Waals surface area (Å²) < 4.78 is 58.7. The molecule has 3 aromatic carbocycles. The smallest absolute Gasteiger partial charge is 0.416 e. The molecule has 0 atom stereocenters. The second-order valence-corrected chi connectivity index (χ2v) is 7.47. The van der Waals surface area contributed by atoms with Crippen LogP contribution in [0.2, 0.25) is 0 Å². The van der Waals surface area contributed by atoms with Gasteiger partial charge in [0.05, 0.1) is 11.1 Å². The summed E-state index contributed by atoms with van der Waals surface area (Å²) in [6.45, 7) is -0.308. The number of nitrogens with one attached hydrogen (secondary N) is 1. The van der Waals surface area contributed by atoms with E-state index in [0.717, 1.165) is 37.5 Å². The molecular formula is C24H21F4NO4. The van der Waals surface area contributed by atoms with Crippen LogP contribution in [0.25, 0.3) is 10.8 Å². The van der Waals surface area contributed by atoms with Gasteiger partial charge in [0.15, 0.2) is 0 Å². The van der Waals surface area contributed by atoms with Crippen molar-refractivity contribution in [2.75, 3.05) is 0 Å². The van der Waals surface area contributed by atoms with Crippen LogP contribution in [0.4, 0.5) is 17.6 Å². The summed E-state index contributed by atoms with van der Waals surface area (Å²) in [5.41, 5.74) is -0.175. The Bertz CT molecular complexity index is 1130. The molecule has 0 aliphatic heterocycles. The van der Waals surface area contributed by atoms with Crippen LogP contribution in [-0.2, 0) is 17.6 Å². The Morgan fingerprint density at radius 1 is 1.09 bits per heavy atom. The molecule has 0 unspecified atom stereocenters. The molecule has 0 saturated heterocycles. The Hall–Kier alpha value is -3.62. The zero-order chi connectivity index (χ0) is 24.0. The van der Waals surface area contributed by atoms with E-state index >= 15 is 0 Å². The zero-order valence-corrected chi connectivity index (χ0v) is 17.4. The van der Waals surface area contributed by atoms with Gasteiger partial charge in [-0.15, -0.1) is 0 Å². The van der Waals surface area contributed by atoms with Crippen molar-refractivity contribution in [1.82, 2.24) is 5.32 Å². The van der Waals surface area contributed by atoms with Crippen LogP contribution in [0, 0.1) is 5.82 Å². The number of rotatable bonds is 5. The van der Waals surface area contributed by atoms with Crippen LogP contribution >= 0.6 is 0 Å². The number of halogens is 4. The van der Waals surface area contributed by atoms with Crippen LogP contribution < -0.4 is 10.1 Å². The lowest BCUT2D eigenvalue weighted by atomic mass is 9.92. The molecular weight excluding hydrogens is 442 g/mol. The highest BCUT2D eigenvalue weighted by atomic mass is 19.4. The van der Waals surface area contributed by atoms with Crippen LogP contribution in [0.3, 0.4) is 0 Å². The monoisotopic (exact) mass is 463 g/mol. The SMILES string of the molecule is O=C(NC1CCC1)c1cc(F)c2ccccc2c1OCc1ccc(C(F)(F)F)cc1.O=CO. The lowest BCUT2D eigenvalue weighted by molar-refractivity contribution is -0.137. The summed E-state index contributed by atoms with van der Waals surface area (Å²) in [5.74, 6) is -0.748. The molecule has 3 aromatic rings. The van der Waals surface area contributed by atoms with Crippen molar-refractivity contribution in [2.45, 2.75) is 38.1 Å². The molecule has 1 saturated carbocycles. The highest BCUT2D eigenvalue weighted by Crippen LogP contribution is 2.34. The van der Waals surface area contributed by atoms with E-state index in [4.69, 9.17) is 14.6 Å². The van der Waals surface area contributed by atoms with E-state index in [1.54, 1.807) is 24.3 Å². The van der Waals surface area contributed by atoms with Crippen molar-refractivity contribution in [1.29, 1.82) is 0 Å². The van der Waals surface area contributed by atoms with Crippen molar-refractivity contribution >= 4 is 23.2 Å². The van der Waals surface area contributed by atoms with Crippen molar-refractivity contribution in [3.63, 3.8) is 0 Å². The van der Waals surface area contributed by atoms with Crippen LogP contribution in [-0.4, -0.2) is 23.5 Å². The third-order valence-corrected chi connectivity index (χ3v) is 5.29. The third-order valence-electron chi connectivity index (χ3n) is 5.29. The first-order valence-corrected chi connectivity index (χ1v) is 10.1. The van der Waals surface area contributed by atoms with E-state index in [9.17, 15) is 22.4 Å². The first-order valence-electron chi connectivity index (χ1n) is 10.1. The van der Waals surface area contributed by atoms with E-state index in [0.29, 0.717) is 16.3 Å². The molecule has 0 spiro atoms. The Balaban J connectivity index is 0.000000968. The van der Waals surface area contributed by atoms with Gasteiger partial charge >= 0.3 is 6.18 Å². The maximum Gasteiger partial charge on any atom is 0.416 e. The Labute approximate surface area is 187 Å². The Kier molecular flexibility index (Phi) is 7.52. The first kappa shape index (κ1) is 24.0. The van der Waals surface area contributed by atoms with Crippen LogP contribution in [0.1, 0.15) is 40.7 Å². The van der Waals surface area contributed by atoms with E-state index in [1.165, 1.54) is 12.1 Å². The van der Waals surface area contributed by atoms with E-state index in [-0.39, 0.29) is 30.4 Å². The molecule has 0 radical (unpaired) electrons. The van der Waals surface area contributed by atoms with Crippen molar-refractivity contribution in [2.24, 2.45) is 0 Å². The summed E-state index contributed by atoms with van der Waals surface area (Å²) in [5, 5.41) is 10.5. The fourth-order valence-corrected chi connectivity index (χ4v) is 3.39. The Morgan fingerprint density at radius 2 is 1.70 bits per heavy atom. The molecule has 0 heterocycles. The highest BCUT2D eigenvalue weighted by Gasteiger charge is 2.30. The number of hydrogen-bond donors (Lipinski definition) is 2. The maximum atomic E-state index is 14.6. The van der Waals surface area contributed by atoms with E-state index < -0.39 is 23.5 Å². The number of alkyl halides is 3. The summed E-state index contributed by atoms with van der Waals surface area (Å²) in [7, 11) is 0. The van der Waals surface area contributed by atoms with Crippen molar-refractivity contribution in [3.8, 4) is 5.75 Å². The highest BCUT2D eigenvalue weighted by molar-refractivity contribution is 6.04. The first-order chi connectivity index (χ1) is 15.7. The predicted octanol–water partition coefficient (Wildman–Crippen LogP) is 5.56. The fourth-order valence-electron chi connectivity index (χ4n) is 3.39. The molecule has 5 nitrogen and oxygen atoms in total. The Morgan fingerprint density at radius 3 is 2.24 bits per heavy atom. The number of ether oxygens (including phenoxy) is 1. The molecule has 174 valence electrons. The second-order valence-electron chi connectivity index (χ2n) is 7.47. The number of carbonyl (C=O) groups excluding carboxylic acids is 1. The van der Waals surface area contributed by atoms with Gasteiger partial charge in [-0.1, -0.05) is 36.4 Å². The largest absolute Gasteiger partial charge is 0.487 e. The number of hydrogen-bond acceptors (Lipinski definition) is 3. The topological polar surface area (TPSA) is 75.6 Å². The van der Waals surface area contributed by atoms with Crippen LogP contribution in [0.5, 0.6) is 5.75 Å². The minimum Gasteiger partial charge on any atom is -0.487 e. The quantitative estimate of drug-likeness (QED) is 0.384. The van der Waals surface area contributed by atoms with Gasteiger partial charge in [-0.05, 0) is 43.0 Å². The fraction of sp³-hybridized carbons (Fsp3) is 0.250. The predicted molar refractivity (Wildman–Crippen MR) is 113 cm³/mol. The van der Waals surface area contributed by atoms with Gasteiger partial charge in [0.2, 0.25) is 0 Å². The minimum atomic E-state index is -4.42. The normalized spacial score (nSPS) is 13.5. The number of carbonyl (C=O) groups is 2. The van der Waals surface area contributed by atoms with Gasteiger partial charge in [-0.25, -0.2) is 4.39 Å². The summed E-state index contributed by atoms with van der Waals surface area (Å²) in [6, 6.07) is 12.4.